The van der Waals surface area contributed by atoms with Crippen LogP contribution >= 0.6 is 11.3 Å². The molecule has 27 heavy (non-hydrogen) atoms. The number of hydrogen-bond donors (Lipinski definition) is 1. The van der Waals surface area contributed by atoms with E-state index in [9.17, 15) is 9.50 Å². The molecule has 2 heterocycles. The third-order valence-electron chi connectivity index (χ3n) is 4.71. The number of nitrogens with zero attached hydrogens (tertiary/aromatic N) is 3. The van der Waals surface area contributed by atoms with Gasteiger partial charge in [-0.2, -0.15) is 0 Å². The van der Waals surface area contributed by atoms with Crippen molar-refractivity contribution in [1.29, 1.82) is 0 Å². The van der Waals surface area contributed by atoms with Gasteiger partial charge in [-0.3, -0.25) is 0 Å². The van der Waals surface area contributed by atoms with E-state index in [1.165, 1.54) is 0 Å². The fourth-order valence-electron chi connectivity index (χ4n) is 3.26. The minimum Gasteiger partial charge on any atom is -0.507 e. The average Bonchev–Trinajstić information content (AvgIpc) is 3.11. The lowest BCUT2D eigenvalue weighted by molar-refractivity contribution is 0.0594. The van der Waals surface area contributed by atoms with Crippen LogP contribution in [-0.2, 0) is 0 Å². The highest BCUT2D eigenvalue weighted by atomic mass is 32.1. The molecule has 1 aromatic carbocycles. The summed E-state index contributed by atoms with van der Waals surface area (Å²) in [7, 11) is 0. The van der Waals surface area contributed by atoms with Gasteiger partial charge in [0.2, 0.25) is 5.88 Å². The number of benzene rings is 1. The van der Waals surface area contributed by atoms with E-state index in [2.05, 4.69) is 15.2 Å². The van der Waals surface area contributed by atoms with Gasteiger partial charge in [0.15, 0.2) is 0 Å². The molecule has 1 N–H and O–H groups in total. The molecule has 4 rings (SSSR count). The summed E-state index contributed by atoms with van der Waals surface area (Å²) in [6, 6.07) is 8.82. The molecule has 2 aromatic heterocycles. The molecule has 1 aliphatic carbocycles. The number of hydrogen-bond acceptors (Lipinski definition) is 6. The van der Waals surface area contributed by atoms with Gasteiger partial charge in [0, 0.05) is 17.8 Å². The Hall–Kier alpha value is -2.54. The molecule has 0 aliphatic heterocycles. The molecule has 0 bridgehead atoms. The molecule has 1 aliphatic rings. The van der Waals surface area contributed by atoms with E-state index in [0.717, 1.165) is 28.3 Å². The number of aromatic hydroxyl groups is 1. The Kier molecular flexibility index (Phi) is 5.03. The number of aromatic nitrogens is 3. The van der Waals surface area contributed by atoms with Crippen LogP contribution in [0.3, 0.4) is 0 Å². The third kappa shape index (κ3) is 3.93. The Balaban J connectivity index is 1.51. The van der Waals surface area contributed by atoms with E-state index in [1.807, 2.05) is 19.1 Å². The molecule has 7 heteroatoms. The number of thiazole rings is 1. The van der Waals surface area contributed by atoms with Crippen LogP contribution in [0, 0.1) is 6.92 Å². The predicted molar refractivity (Wildman–Crippen MR) is 103 cm³/mol. The van der Waals surface area contributed by atoms with Crippen LogP contribution in [0.4, 0.5) is 4.39 Å². The first-order valence-electron chi connectivity index (χ1n) is 9.01. The van der Waals surface area contributed by atoms with E-state index in [0.29, 0.717) is 30.0 Å². The van der Waals surface area contributed by atoms with Crippen molar-refractivity contribution in [3.05, 3.63) is 41.5 Å². The van der Waals surface area contributed by atoms with Crippen LogP contribution in [0.25, 0.3) is 21.7 Å². The molecule has 140 valence electrons. The molecular weight excluding hydrogens is 365 g/mol. The van der Waals surface area contributed by atoms with Gasteiger partial charge in [0.05, 0.1) is 15.6 Å². The number of alkyl halides is 1. The smallest absolute Gasteiger partial charge is 0.233 e. The van der Waals surface area contributed by atoms with E-state index in [4.69, 9.17) is 4.74 Å². The maximum atomic E-state index is 13.9. The summed E-state index contributed by atoms with van der Waals surface area (Å²) in [5.74, 6) is 0.433. The first-order valence-corrected chi connectivity index (χ1v) is 9.82. The van der Waals surface area contributed by atoms with Gasteiger partial charge in [-0.15, -0.1) is 21.5 Å². The normalized spacial score (nSPS) is 19.8. The van der Waals surface area contributed by atoms with Gasteiger partial charge in [-0.1, -0.05) is 12.5 Å². The fraction of sp³-hybridized carbons (Fsp3) is 0.350. The van der Waals surface area contributed by atoms with E-state index in [1.54, 1.807) is 35.7 Å². The lowest BCUT2D eigenvalue weighted by Gasteiger charge is -2.25. The van der Waals surface area contributed by atoms with Crippen LogP contribution in [0.1, 0.15) is 30.7 Å². The average molecular weight is 385 g/mol. The molecule has 0 amide bonds. The molecule has 5 nitrogen and oxygen atoms in total. The van der Waals surface area contributed by atoms with Crippen LogP contribution in [0.2, 0.25) is 0 Å². The van der Waals surface area contributed by atoms with Gasteiger partial charge in [0.25, 0.3) is 0 Å². The number of phenols is 1. The zero-order valence-electron chi connectivity index (χ0n) is 14.9. The van der Waals surface area contributed by atoms with Crippen molar-refractivity contribution in [2.45, 2.75) is 44.9 Å². The number of phenolic OH excluding ortho intramolecular Hbond substituents is 1. The molecule has 3 aromatic rings. The second-order valence-electron chi connectivity index (χ2n) is 6.69. The molecule has 0 spiro atoms. The highest BCUT2D eigenvalue weighted by molar-refractivity contribution is 7.15. The quantitative estimate of drug-likeness (QED) is 0.689. The molecule has 2 atom stereocenters. The first kappa shape index (κ1) is 17.9. The van der Waals surface area contributed by atoms with Gasteiger partial charge >= 0.3 is 0 Å². The first-order chi connectivity index (χ1) is 13.1. The largest absolute Gasteiger partial charge is 0.507 e. The van der Waals surface area contributed by atoms with Crippen LogP contribution in [0.5, 0.6) is 11.6 Å². The summed E-state index contributed by atoms with van der Waals surface area (Å²) in [4.78, 5) is 5.24. The standard InChI is InChI=1S/C20H20FN3O2S/c1-12-22-11-19(27-12)13-6-7-14(17(25)10-13)16-8-9-20(24-23-16)26-18-5-3-2-4-15(18)21/h6-11,15,18,25H,2-5H2,1H3/t15-,18+/m1/s1. The lowest BCUT2D eigenvalue weighted by Crippen LogP contribution is -2.32. The molecular formula is C20H20FN3O2S. The Bertz CT molecular complexity index is 929. The Labute approximate surface area is 160 Å². The highest BCUT2D eigenvalue weighted by Crippen LogP contribution is 2.34. The maximum Gasteiger partial charge on any atom is 0.233 e. The summed E-state index contributed by atoms with van der Waals surface area (Å²) in [5, 5.41) is 19.6. The third-order valence-corrected chi connectivity index (χ3v) is 5.68. The molecule has 0 unspecified atom stereocenters. The van der Waals surface area contributed by atoms with Crippen LogP contribution in [0.15, 0.2) is 36.5 Å². The van der Waals surface area contributed by atoms with Gasteiger partial charge in [-0.05, 0) is 49.9 Å². The van der Waals surface area contributed by atoms with Crippen molar-refractivity contribution in [3.8, 4) is 33.3 Å². The zero-order valence-corrected chi connectivity index (χ0v) is 15.7. The molecule has 0 radical (unpaired) electrons. The number of aryl methyl sites for hydroxylation is 1. The van der Waals surface area contributed by atoms with Crippen molar-refractivity contribution in [2.24, 2.45) is 0 Å². The van der Waals surface area contributed by atoms with Crippen molar-refractivity contribution in [2.75, 3.05) is 0 Å². The number of ether oxygens (including phenoxy) is 1. The monoisotopic (exact) mass is 385 g/mol. The van der Waals surface area contributed by atoms with Crippen molar-refractivity contribution >= 4 is 11.3 Å². The minimum atomic E-state index is -0.952. The predicted octanol–water partition coefficient (Wildman–Crippen LogP) is 4.94. The molecule has 1 fully saturated rings. The van der Waals surface area contributed by atoms with Crippen LogP contribution in [-0.4, -0.2) is 32.6 Å². The lowest BCUT2D eigenvalue weighted by atomic mass is 9.96. The summed E-state index contributed by atoms with van der Waals surface area (Å²) in [5.41, 5.74) is 2.02. The van der Waals surface area contributed by atoms with E-state index in [-0.39, 0.29) is 5.75 Å². The number of rotatable bonds is 4. The van der Waals surface area contributed by atoms with Gasteiger partial charge < -0.3 is 9.84 Å². The Morgan fingerprint density at radius 1 is 1.15 bits per heavy atom. The van der Waals surface area contributed by atoms with Crippen molar-refractivity contribution < 1.29 is 14.2 Å². The van der Waals surface area contributed by atoms with Crippen molar-refractivity contribution in [3.63, 3.8) is 0 Å². The summed E-state index contributed by atoms with van der Waals surface area (Å²) in [6.07, 6.45) is 3.50. The Morgan fingerprint density at radius 2 is 2.00 bits per heavy atom. The zero-order chi connectivity index (χ0) is 18.8. The highest BCUT2D eigenvalue weighted by Gasteiger charge is 2.26. The molecule has 1 saturated carbocycles. The summed E-state index contributed by atoms with van der Waals surface area (Å²) >= 11 is 1.57. The SMILES string of the molecule is Cc1ncc(-c2ccc(-c3ccc(O[C@H]4CCCC[C@H]4F)nn3)c(O)c2)s1. The maximum absolute atomic E-state index is 13.9. The summed E-state index contributed by atoms with van der Waals surface area (Å²) in [6.45, 7) is 1.94. The topological polar surface area (TPSA) is 68.1 Å². The molecule has 0 saturated heterocycles. The Morgan fingerprint density at radius 3 is 2.67 bits per heavy atom. The van der Waals surface area contributed by atoms with E-state index < -0.39 is 12.3 Å². The second kappa shape index (κ2) is 7.60. The second-order valence-corrected chi connectivity index (χ2v) is 7.92. The van der Waals surface area contributed by atoms with E-state index >= 15 is 0 Å². The van der Waals surface area contributed by atoms with Crippen molar-refractivity contribution in [1.82, 2.24) is 15.2 Å². The fourth-order valence-corrected chi connectivity index (χ4v) is 4.04. The van der Waals surface area contributed by atoms with Gasteiger partial charge in [-0.25, -0.2) is 9.37 Å². The van der Waals surface area contributed by atoms with Gasteiger partial charge in [0.1, 0.15) is 18.0 Å². The van der Waals surface area contributed by atoms with Crippen LogP contribution < -0.4 is 4.74 Å². The number of halogens is 1. The minimum absolute atomic E-state index is 0.123. The summed E-state index contributed by atoms with van der Waals surface area (Å²) < 4.78 is 19.6.